The second-order valence-electron chi connectivity index (χ2n) is 6.32. The number of aliphatic imine (C=N–C) groups is 1. The first-order valence-corrected chi connectivity index (χ1v) is 9.55. The lowest BCUT2D eigenvalue weighted by molar-refractivity contribution is 0.0697. The molecule has 0 amide bonds. The Morgan fingerprint density at radius 1 is 1.19 bits per heavy atom. The Bertz CT molecular complexity index is 920. The van der Waals surface area contributed by atoms with Crippen molar-refractivity contribution in [2.75, 3.05) is 4.90 Å². The number of nitrogens with zero attached hydrogens (tertiary/aromatic N) is 2. The summed E-state index contributed by atoms with van der Waals surface area (Å²) in [5.74, 6) is -0.945. The molecule has 0 saturated heterocycles. The Morgan fingerprint density at radius 3 is 2.48 bits per heavy atom. The zero-order chi connectivity index (χ0) is 19.6. The molecule has 1 N–H and O–H groups in total. The lowest BCUT2D eigenvalue weighted by atomic mass is 10.00. The lowest BCUT2D eigenvalue weighted by Gasteiger charge is -2.35. The summed E-state index contributed by atoms with van der Waals surface area (Å²) in [7, 11) is 0. The predicted molar refractivity (Wildman–Crippen MR) is 112 cm³/mol. The predicted octanol–water partition coefficient (Wildman–Crippen LogP) is 6.11. The van der Waals surface area contributed by atoms with Crippen molar-refractivity contribution in [2.24, 2.45) is 4.99 Å². The van der Waals surface area contributed by atoms with Crippen LogP contribution in [0.5, 0.6) is 0 Å². The first kappa shape index (κ1) is 19.5. The summed E-state index contributed by atoms with van der Waals surface area (Å²) >= 11 is 12.9. The zero-order valence-electron chi connectivity index (χ0n) is 15.1. The Morgan fingerprint density at radius 2 is 1.85 bits per heavy atom. The topological polar surface area (TPSA) is 52.9 Å². The van der Waals surface area contributed by atoms with Crippen LogP contribution >= 0.6 is 23.2 Å². The maximum atomic E-state index is 11.1. The SMILES string of the molecule is CCCC1=C(C)C(Cl)=NC(Cl)N1c1ccccc1-c1ccc(C(=O)O)cc1. The van der Waals surface area contributed by atoms with Gasteiger partial charge in [-0.3, -0.25) is 0 Å². The van der Waals surface area contributed by atoms with E-state index in [0.29, 0.717) is 5.17 Å². The zero-order valence-corrected chi connectivity index (χ0v) is 16.6. The molecule has 0 fully saturated rings. The Kier molecular flexibility index (Phi) is 5.88. The van der Waals surface area contributed by atoms with Gasteiger partial charge in [0.2, 0.25) is 5.62 Å². The number of benzene rings is 2. The number of carbonyl (C=O) groups is 1. The Balaban J connectivity index is 2.11. The van der Waals surface area contributed by atoms with Crippen LogP contribution in [0.15, 0.2) is 64.8 Å². The third kappa shape index (κ3) is 3.87. The molecule has 0 radical (unpaired) electrons. The largest absolute Gasteiger partial charge is 0.478 e. The molecule has 0 saturated carbocycles. The van der Waals surface area contributed by atoms with Crippen molar-refractivity contribution in [1.29, 1.82) is 0 Å². The summed E-state index contributed by atoms with van der Waals surface area (Å²) in [5, 5.41) is 9.57. The van der Waals surface area contributed by atoms with Crippen LogP contribution < -0.4 is 4.90 Å². The highest BCUT2D eigenvalue weighted by molar-refractivity contribution is 6.70. The molecule has 1 aliphatic heterocycles. The van der Waals surface area contributed by atoms with Gasteiger partial charge in [-0.25, -0.2) is 9.79 Å². The van der Waals surface area contributed by atoms with E-state index in [1.54, 1.807) is 12.1 Å². The molecule has 0 aliphatic carbocycles. The molecule has 0 spiro atoms. The van der Waals surface area contributed by atoms with Crippen molar-refractivity contribution in [2.45, 2.75) is 32.3 Å². The maximum Gasteiger partial charge on any atom is 0.335 e. The van der Waals surface area contributed by atoms with Crippen LogP contribution in [-0.4, -0.2) is 21.9 Å². The van der Waals surface area contributed by atoms with E-state index in [4.69, 9.17) is 28.3 Å². The number of aromatic carboxylic acids is 1. The number of anilines is 1. The standard InChI is InChI=1S/C21H20Cl2N2O2/c1-3-6-17-13(2)19(22)24-21(23)25(17)18-8-5-4-7-16(18)14-9-11-15(12-10-14)20(26)27/h4-5,7-12,21H,3,6H2,1-2H3,(H,26,27). The van der Waals surface area contributed by atoms with E-state index in [1.165, 1.54) is 0 Å². The van der Waals surface area contributed by atoms with Gasteiger partial charge in [0.05, 0.1) is 11.3 Å². The minimum atomic E-state index is -0.945. The number of alkyl halides is 1. The van der Waals surface area contributed by atoms with Crippen LogP contribution in [0, 0.1) is 0 Å². The quantitative estimate of drug-likeness (QED) is 0.484. The number of hydrogen-bond donors (Lipinski definition) is 1. The van der Waals surface area contributed by atoms with Crippen molar-refractivity contribution in [3.05, 3.63) is 65.4 Å². The molecule has 3 rings (SSSR count). The lowest BCUT2D eigenvalue weighted by Crippen LogP contribution is -2.35. The summed E-state index contributed by atoms with van der Waals surface area (Å²) in [6, 6.07) is 14.7. The van der Waals surface area contributed by atoms with Crippen LogP contribution in [0.2, 0.25) is 0 Å². The van der Waals surface area contributed by atoms with Crippen LogP contribution in [0.4, 0.5) is 5.69 Å². The van der Waals surface area contributed by atoms with Gasteiger partial charge in [0.15, 0.2) is 0 Å². The van der Waals surface area contributed by atoms with E-state index in [9.17, 15) is 4.79 Å². The molecule has 27 heavy (non-hydrogen) atoms. The molecule has 0 aromatic heterocycles. The minimum absolute atomic E-state index is 0.253. The van der Waals surface area contributed by atoms with Crippen LogP contribution in [0.25, 0.3) is 11.1 Å². The van der Waals surface area contributed by atoms with Crippen LogP contribution in [-0.2, 0) is 0 Å². The first-order valence-electron chi connectivity index (χ1n) is 8.73. The van der Waals surface area contributed by atoms with E-state index >= 15 is 0 Å². The van der Waals surface area contributed by atoms with E-state index in [1.807, 2.05) is 48.2 Å². The highest BCUT2D eigenvalue weighted by Crippen LogP contribution is 2.39. The molecule has 1 atom stereocenters. The number of para-hydroxylation sites is 1. The molecule has 1 heterocycles. The average molecular weight is 403 g/mol. The summed E-state index contributed by atoms with van der Waals surface area (Å²) in [6.45, 7) is 4.06. The fraction of sp³-hybridized carbons (Fsp3) is 0.238. The van der Waals surface area contributed by atoms with E-state index in [-0.39, 0.29) is 5.56 Å². The molecule has 2 aromatic rings. The van der Waals surface area contributed by atoms with Gasteiger partial charge in [0.1, 0.15) is 5.17 Å². The number of carboxylic acid groups (broad SMARTS) is 1. The van der Waals surface area contributed by atoms with E-state index in [0.717, 1.165) is 40.9 Å². The molecular formula is C21H20Cl2N2O2. The van der Waals surface area contributed by atoms with Gasteiger partial charge < -0.3 is 10.0 Å². The van der Waals surface area contributed by atoms with Crippen molar-refractivity contribution in [3.63, 3.8) is 0 Å². The van der Waals surface area contributed by atoms with Gasteiger partial charge in [0, 0.05) is 16.8 Å². The smallest absolute Gasteiger partial charge is 0.335 e. The van der Waals surface area contributed by atoms with Gasteiger partial charge in [-0.15, -0.1) is 0 Å². The van der Waals surface area contributed by atoms with Gasteiger partial charge in [-0.2, -0.15) is 0 Å². The molecule has 2 aromatic carbocycles. The van der Waals surface area contributed by atoms with E-state index < -0.39 is 11.6 Å². The summed E-state index contributed by atoms with van der Waals surface area (Å²) < 4.78 is 0. The van der Waals surface area contributed by atoms with Crippen molar-refractivity contribution < 1.29 is 9.90 Å². The van der Waals surface area contributed by atoms with Gasteiger partial charge >= 0.3 is 5.97 Å². The molecule has 140 valence electrons. The van der Waals surface area contributed by atoms with Crippen molar-refractivity contribution in [1.82, 2.24) is 0 Å². The molecule has 0 bridgehead atoms. The van der Waals surface area contributed by atoms with Crippen LogP contribution in [0.1, 0.15) is 37.0 Å². The average Bonchev–Trinajstić information content (AvgIpc) is 2.66. The van der Waals surface area contributed by atoms with Crippen molar-refractivity contribution in [3.8, 4) is 11.1 Å². The van der Waals surface area contributed by atoms with Gasteiger partial charge in [0.25, 0.3) is 0 Å². The fourth-order valence-electron chi connectivity index (χ4n) is 3.20. The summed E-state index contributed by atoms with van der Waals surface area (Å²) in [5.41, 5.74) is 4.36. The monoisotopic (exact) mass is 402 g/mol. The first-order chi connectivity index (χ1) is 12.9. The number of hydrogen-bond acceptors (Lipinski definition) is 3. The third-order valence-corrected chi connectivity index (χ3v) is 5.23. The Hall–Kier alpha value is -2.30. The second-order valence-corrected chi connectivity index (χ2v) is 7.07. The highest BCUT2D eigenvalue weighted by atomic mass is 35.5. The fourth-order valence-corrected chi connectivity index (χ4v) is 3.77. The minimum Gasteiger partial charge on any atom is -0.478 e. The van der Waals surface area contributed by atoms with E-state index in [2.05, 4.69) is 11.9 Å². The molecule has 1 unspecified atom stereocenters. The van der Waals surface area contributed by atoms with Gasteiger partial charge in [-0.05, 0) is 37.1 Å². The molecule has 4 nitrogen and oxygen atoms in total. The van der Waals surface area contributed by atoms with Gasteiger partial charge in [-0.1, -0.05) is 66.9 Å². The summed E-state index contributed by atoms with van der Waals surface area (Å²) in [4.78, 5) is 17.5. The molecular weight excluding hydrogens is 383 g/mol. The number of rotatable bonds is 5. The third-order valence-electron chi connectivity index (χ3n) is 4.56. The number of halogens is 2. The maximum absolute atomic E-state index is 11.1. The normalized spacial score (nSPS) is 17.1. The molecule has 1 aliphatic rings. The van der Waals surface area contributed by atoms with Crippen molar-refractivity contribution >= 4 is 40.0 Å². The molecule has 6 heteroatoms. The number of carboxylic acids is 1. The Labute approximate surface area is 168 Å². The van der Waals surface area contributed by atoms with Crippen LogP contribution in [0.3, 0.4) is 0 Å². The highest BCUT2D eigenvalue weighted by Gasteiger charge is 2.28. The number of allylic oxidation sites excluding steroid dienone is 2. The summed E-state index contributed by atoms with van der Waals surface area (Å²) in [6.07, 6.45) is 1.78. The second kappa shape index (κ2) is 8.15.